The van der Waals surface area contributed by atoms with E-state index in [0.717, 1.165) is 48.2 Å². The van der Waals surface area contributed by atoms with Gasteiger partial charge in [0.1, 0.15) is 11.2 Å². The molecule has 1 N–H and O–H groups in total. The molecule has 4 rings (SSSR count). The van der Waals surface area contributed by atoms with E-state index in [0.29, 0.717) is 12.2 Å². The van der Waals surface area contributed by atoms with E-state index in [1.54, 1.807) is 9.58 Å². The quantitative estimate of drug-likeness (QED) is 0.657. The Balaban J connectivity index is 1.76. The van der Waals surface area contributed by atoms with Gasteiger partial charge >= 0.3 is 0 Å². The third-order valence-electron chi connectivity index (χ3n) is 7.46. The number of benzene rings is 1. The van der Waals surface area contributed by atoms with Crippen molar-refractivity contribution in [2.45, 2.75) is 110 Å². The lowest BCUT2D eigenvalue weighted by molar-refractivity contribution is -0.127. The van der Waals surface area contributed by atoms with Crippen molar-refractivity contribution in [2.24, 2.45) is 0 Å². The lowest BCUT2D eigenvalue weighted by Crippen LogP contribution is -2.65. The Morgan fingerprint density at radius 3 is 2.35 bits per heavy atom. The number of carbonyl (C=O) groups excluding carboxylic acids is 2. The Kier molecular flexibility index (Phi) is 6.63. The lowest BCUT2D eigenvalue weighted by Gasteiger charge is -2.44. The monoisotopic (exact) mass is 464 g/mol. The Morgan fingerprint density at radius 1 is 1.06 bits per heavy atom. The molecule has 1 aliphatic carbocycles. The molecule has 184 valence electrons. The van der Waals surface area contributed by atoms with Crippen molar-refractivity contribution in [3.8, 4) is 0 Å². The van der Waals surface area contributed by atoms with Crippen molar-refractivity contribution in [1.82, 2.24) is 15.1 Å². The number of fused-ring (bicyclic) bond motifs is 1. The molecule has 34 heavy (non-hydrogen) atoms. The standard InChI is InChI=1S/C28H40N4O2/c1-19-14-15-20(2)22(16-19)32-25(33)23-17-24(27(3,4)5)30-31(23)18-28(32,6)26(34)29-21-12-10-8-7-9-11-13-21/h14-17,21H,7-13,18H2,1-6H3,(H,29,34). The molecular formula is C28H40N4O2. The smallest absolute Gasteiger partial charge is 0.277 e. The molecule has 2 heterocycles. The minimum Gasteiger partial charge on any atom is -0.351 e. The van der Waals surface area contributed by atoms with Gasteiger partial charge in [0.2, 0.25) is 5.91 Å². The van der Waals surface area contributed by atoms with Crippen LogP contribution in [0.15, 0.2) is 24.3 Å². The highest BCUT2D eigenvalue weighted by Crippen LogP contribution is 2.36. The summed E-state index contributed by atoms with van der Waals surface area (Å²) < 4.78 is 1.75. The first-order chi connectivity index (χ1) is 16.0. The third kappa shape index (κ3) is 4.64. The van der Waals surface area contributed by atoms with Crippen molar-refractivity contribution in [3.05, 3.63) is 46.8 Å². The Bertz CT molecular complexity index is 1070. The predicted octanol–water partition coefficient (Wildman–Crippen LogP) is 5.45. The molecule has 1 saturated carbocycles. The highest BCUT2D eigenvalue weighted by Gasteiger charge is 2.50. The van der Waals surface area contributed by atoms with Gasteiger partial charge in [-0.2, -0.15) is 5.10 Å². The summed E-state index contributed by atoms with van der Waals surface area (Å²) in [5.74, 6) is -0.260. The van der Waals surface area contributed by atoms with Crippen LogP contribution in [0.3, 0.4) is 0 Å². The molecule has 0 saturated heterocycles. The largest absolute Gasteiger partial charge is 0.351 e. The number of anilines is 1. The molecule has 1 fully saturated rings. The minimum absolute atomic E-state index is 0.0919. The molecular weight excluding hydrogens is 424 g/mol. The normalized spacial score (nSPS) is 22.2. The number of hydrogen-bond acceptors (Lipinski definition) is 3. The first-order valence-corrected chi connectivity index (χ1v) is 12.8. The van der Waals surface area contributed by atoms with Crippen LogP contribution in [0.5, 0.6) is 0 Å². The molecule has 1 aromatic heterocycles. The van der Waals surface area contributed by atoms with E-state index in [4.69, 9.17) is 5.10 Å². The minimum atomic E-state index is -1.08. The first kappa shape index (κ1) is 24.5. The topological polar surface area (TPSA) is 67.2 Å². The van der Waals surface area contributed by atoms with Crippen molar-refractivity contribution >= 4 is 17.5 Å². The van der Waals surface area contributed by atoms with Gasteiger partial charge in [-0.25, -0.2) is 0 Å². The van der Waals surface area contributed by atoms with E-state index in [9.17, 15) is 9.59 Å². The number of nitrogens with one attached hydrogen (secondary N) is 1. The van der Waals surface area contributed by atoms with Crippen LogP contribution in [-0.4, -0.2) is 33.2 Å². The van der Waals surface area contributed by atoms with Gasteiger partial charge in [-0.3, -0.25) is 19.2 Å². The zero-order chi connectivity index (χ0) is 24.7. The first-order valence-electron chi connectivity index (χ1n) is 12.8. The molecule has 0 spiro atoms. The Morgan fingerprint density at radius 2 is 1.71 bits per heavy atom. The summed E-state index contributed by atoms with van der Waals surface area (Å²) in [6, 6.07) is 8.14. The van der Waals surface area contributed by atoms with E-state index in [1.165, 1.54) is 19.3 Å². The molecule has 1 aromatic carbocycles. The number of amides is 2. The van der Waals surface area contributed by atoms with Crippen LogP contribution >= 0.6 is 0 Å². The average Bonchev–Trinajstić information content (AvgIpc) is 3.17. The van der Waals surface area contributed by atoms with Crippen molar-refractivity contribution in [3.63, 3.8) is 0 Å². The van der Waals surface area contributed by atoms with E-state index >= 15 is 0 Å². The second-order valence-corrected chi connectivity index (χ2v) is 11.5. The van der Waals surface area contributed by atoms with Crippen LogP contribution < -0.4 is 10.2 Å². The van der Waals surface area contributed by atoms with Crippen molar-refractivity contribution in [1.29, 1.82) is 0 Å². The number of rotatable bonds is 3. The van der Waals surface area contributed by atoms with Crippen LogP contribution in [0.4, 0.5) is 5.69 Å². The summed E-state index contributed by atoms with van der Waals surface area (Å²) in [5.41, 5.74) is 2.98. The van der Waals surface area contributed by atoms with Crippen LogP contribution in [0, 0.1) is 13.8 Å². The molecule has 2 aliphatic rings. The zero-order valence-electron chi connectivity index (χ0n) is 21.7. The maximum Gasteiger partial charge on any atom is 0.277 e. The summed E-state index contributed by atoms with van der Waals surface area (Å²) in [5, 5.41) is 8.13. The van der Waals surface area contributed by atoms with Gasteiger partial charge in [-0.15, -0.1) is 0 Å². The molecule has 0 radical (unpaired) electrons. The van der Waals surface area contributed by atoms with Crippen LogP contribution in [0.2, 0.25) is 0 Å². The van der Waals surface area contributed by atoms with E-state index < -0.39 is 5.54 Å². The van der Waals surface area contributed by atoms with Gasteiger partial charge in [0, 0.05) is 17.1 Å². The predicted molar refractivity (Wildman–Crippen MR) is 136 cm³/mol. The molecule has 2 aromatic rings. The highest BCUT2D eigenvalue weighted by atomic mass is 16.2. The Labute approximate surface area is 204 Å². The molecule has 1 aliphatic heterocycles. The van der Waals surface area contributed by atoms with Gasteiger partial charge in [0.15, 0.2) is 0 Å². The number of aryl methyl sites for hydroxylation is 2. The fraction of sp³-hybridized carbons (Fsp3) is 0.607. The fourth-order valence-corrected chi connectivity index (χ4v) is 5.23. The van der Waals surface area contributed by atoms with Gasteiger partial charge < -0.3 is 5.32 Å². The summed E-state index contributed by atoms with van der Waals surface area (Å²) in [6.45, 7) is 12.5. The van der Waals surface area contributed by atoms with Crippen molar-refractivity contribution < 1.29 is 9.59 Å². The maximum absolute atomic E-state index is 14.0. The number of hydrogen-bond donors (Lipinski definition) is 1. The Hall–Kier alpha value is -2.63. The molecule has 6 heteroatoms. The van der Waals surface area contributed by atoms with Gasteiger partial charge in [-0.1, -0.05) is 65.0 Å². The second kappa shape index (κ2) is 9.20. The summed E-state index contributed by atoms with van der Waals surface area (Å²) in [4.78, 5) is 29.7. The van der Waals surface area contributed by atoms with Crippen molar-refractivity contribution in [2.75, 3.05) is 4.90 Å². The fourth-order valence-electron chi connectivity index (χ4n) is 5.23. The number of carbonyl (C=O) groups is 2. The number of aromatic nitrogens is 2. The second-order valence-electron chi connectivity index (χ2n) is 11.5. The summed E-state index contributed by atoms with van der Waals surface area (Å²) in [7, 11) is 0. The lowest BCUT2D eigenvalue weighted by atomic mass is 9.90. The SMILES string of the molecule is Cc1ccc(C)c(N2C(=O)c3cc(C(C)(C)C)nn3CC2(C)C(=O)NC2CCCCCCC2)c1. The number of nitrogens with zero attached hydrogens (tertiary/aromatic N) is 3. The molecule has 1 unspecified atom stereocenters. The maximum atomic E-state index is 14.0. The molecule has 6 nitrogen and oxygen atoms in total. The summed E-state index contributed by atoms with van der Waals surface area (Å²) >= 11 is 0. The van der Waals surface area contributed by atoms with Gasteiger partial charge in [0.05, 0.1) is 12.2 Å². The average molecular weight is 465 g/mol. The van der Waals surface area contributed by atoms with Gasteiger partial charge in [0.25, 0.3) is 5.91 Å². The van der Waals surface area contributed by atoms with Crippen LogP contribution in [0.25, 0.3) is 0 Å². The highest BCUT2D eigenvalue weighted by molar-refractivity contribution is 6.12. The van der Waals surface area contributed by atoms with E-state index in [1.807, 2.05) is 45.0 Å². The van der Waals surface area contributed by atoms with E-state index in [-0.39, 0.29) is 23.3 Å². The van der Waals surface area contributed by atoms with Gasteiger partial charge in [-0.05, 0) is 56.9 Å². The molecule has 2 amide bonds. The third-order valence-corrected chi connectivity index (χ3v) is 7.46. The van der Waals surface area contributed by atoms with Crippen LogP contribution in [-0.2, 0) is 16.8 Å². The zero-order valence-corrected chi connectivity index (χ0v) is 21.7. The van der Waals surface area contributed by atoms with E-state index in [2.05, 4.69) is 26.1 Å². The molecule has 0 bridgehead atoms. The molecule has 1 atom stereocenters. The van der Waals surface area contributed by atoms with Crippen LogP contribution in [0.1, 0.15) is 99.9 Å². The summed E-state index contributed by atoms with van der Waals surface area (Å²) in [6.07, 6.45) is 8.01.